The predicted molar refractivity (Wildman–Crippen MR) is 196 cm³/mol. The van der Waals surface area contributed by atoms with Crippen LogP contribution >= 0.6 is 0 Å². The Labute approximate surface area is 287 Å². The lowest BCUT2D eigenvalue weighted by atomic mass is 9.83. The lowest BCUT2D eigenvalue weighted by Gasteiger charge is -2.22. The number of phenols is 8. The zero-order chi connectivity index (χ0) is 35.3. The van der Waals surface area contributed by atoms with E-state index in [9.17, 15) is 40.9 Å². The minimum absolute atomic E-state index is 0.00566. The van der Waals surface area contributed by atoms with Crippen molar-refractivity contribution >= 4 is 54.3 Å². The first kappa shape index (κ1) is 29.8. The second-order valence-electron chi connectivity index (χ2n) is 12.5. The first-order chi connectivity index (χ1) is 24.7. The molecule has 248 valence electrons. The molecule has 0 amide bonds. The van der Waals surface area contributed by atoms with Crippen molar-refractivity contribution in [2.24, 2.45) is 0 Å². The third kappa shape index (κ3) is 4.09. The highest BCUT2D eigenvalue weighted by atomic mass is 16.4. The van der Waals surface area contributed by atoms with E-state index in [0.717, 1.165) is 38.3 Å². The van der Waals surface area contributed by atoms with Gasteiger partial charge in [0.2, 0.25) is 23.0 Å². The van der Waals surface area contributed by atoms with Gasteiger partial charge in [0.25, 0.3) is 0 Å². The third-order valence-electron chi connectivity index (χ3n) is 9.72. The molecular formula is C42H26O9. The van der Waals surface area contributed by atoms with E-state index in [1.807, 2.05) is 66.7 Å². The minimum Gasteiger partial charge on any atom is -0.504 e. The van der Waals surface area contributed by atoms with Crippen molar-refractivity contribution in [3.63, 3.8) is 0 Å². The fourth-order valence-electron chi connectivity index (χ4n) is 7.33. The Morgan fingerprint density at radius 1 is 0.353 bits per heavy atom. The van der Waals surface area contributed by atoms with Gasteiger partial charge in [-0.05, 0) is 39.6 Å². The van der Waals surface area contributed by atoms with Gasteiger partial charge < -0.3 is 45.3 Å². The van der Waals surface area contributed by atoms with Crippen LogP contribution in [-0.2, 0) is 0 Å². The van der Waals surface area contributed by atoms with Crippen molar-refractivity contribution in [1.29, 1.82) is 0 Å². The molecule has 0 aliphatic heterocycles. The molecule has 1 aromatic heterocycles. The summed E-state index contributed by atoms with van der Waals surface area (Å²) in [7, 11) is 0. The topological polar surface area (TPSA) is 175 Å². The van der Waals surface area contributed by atoms with Crippen molar-refractivity contribution < 1.29 is 45.3 Å². The molecule has 9 nitrogen and oxygen atoms in total. The molecule has 51 heavy (non-hydrogen) atoms. The molecule has 0 saturated carbocycles. The van der Waals surface area contributed by atoms with Crippen LogP contribution < -0.4 is 0 Å². The Hall–Kier alpha value is -7.26. The molecule has 0 spiro atoms. The van der Waals surface area contributed by atoms with Gasteiger partial charge >= 0.3 is 0 Å². The molecule has 9 heteroatoms. The summed E-state index contributed by atoms with van der Waals surface area (Å²) < 4.78 is 6.23. The first-order valence-electron chi connectivity index (χ1n) is 15.9. The van der Waals surface area contributed by atoms with Gasteiger partial charge in [0.1, 0.15) is 11.2 Å². The summed E-state index contributed by atoms with van der Waals surface area (Å²) in [4.78, 5) is 0. The van der Waals surface area contributed by atoms with Gasteiger partial charge in [-0.25, -0.2) is 0 Å². The van der Waals surface area contributed by atoms with Gasteiger partial charge in [-0.15, -0.1) is 0 Å². The van der Waals surface area contributed by atoms with E-state index < -0.39 is 46.0 Å². The van der Waals surface area contributed by atoms with Gasteiger partial charge in [0.05, 0.1) is 0 Å². The Bertz CT molecular complexity index is 2860. The first-order valence-corrected chi connectivity index (χ1v) is 15.9. The van der Waals surface area contributed by atoms with E-state index >= 15 is 0 Å². The Balaban J connectivity index is 1.40. The fourth-order valence-corrected chi connectivity index (χ4v) is 7.33. The summed E-state index contributed by atoms with van der Waals surface area (Å²) >= 11 is 0. The minimum atomic E-state index is -1.02. The van der Waals surface area contributed by atoms with E-state index in [4.69, 9.17) is 4.42 Å². The number of hydrogen-bond acceptors (Lipinski definition) is 9. The van der Waals surface area contributed by atoms with Crippen LogP contribution in [0.25, 0.3) is 87.6 Å². The summed E-state index contributed by atoms with van der Waals surface area (Å²) in [6, 6.07) is 33.0. The number of fused-ring (bicyclic) bond motifs is 6. The second-order valence-corrected chi connectivity index (χ2v) is 12.5. The normalized spacial score (nSPS) is 11.8. The second kappa shape index (κ2) is 10.6. The molecule has 0 fully saturated rings. The van der Waals surface area contributed by atoms with Crippen molar-refractivity contribution in [3.8, 4) is 79.4 Å². The van der Waals surface area contributed by atoms with Crippen LogP contribution in [-0.4, -0.2) is 40.9 Å². The standard InChI is InChI=1S/C42H26O9/c43-34-30-28(21-15-13-20(14-16-21)24-9-5-10-26-25-8-3-4-11-27(25)51-42(24)26)31-33(37(46)41(50)39(48)35(31)44)29(32(30)36(45)40(49)38(34)47)23-17-12-19-6-1-2-7-22(19)18-23/h1-18,43-50H. The van der Waals surface area contributed by atoms with E-state index in [0.29, 0.717) is 16.7 Å². The summed E-state index contributed by atoms with van der Waals surface area (Å²) in [5, 5.41) is 92.1. The number of rotatable bonds is 3. The molecule has 0 saturated heterocycles. The van der Waals surface area contributed by atoms with Crippen molar-refractivity contribution in [2.45, 2.75) is 0 Å². The highest BCUT2D eigenvalue weighted by Gasteiger charge is 2.32. The van der Waals surface area contributed by atoms with Gasteiger partial charge in [-0.2, -0.15) is 0 Å². The Morgan fingerprint density at radius 3 is 1.43 bits per heavy atom. The molecule has 0 aliphatic rings. The quantitative estimate of drug-likeness (QED) is 0.0515. The average Bonchev–Trinajstić information content (AvgIpc) is 3.55. The van der Waals surface area contributed by atoms with Crippen molar-refractivity contribution in [3.05, 3.63) is 109 Å². The summed E-state index contributed by atoms with van der Waals surface area (Å²) in [5.41, 5.74) is 3.59. The highest BCUT2D eigenvalue weighted by molar-refractivity contribution is 6.29. The molecule has 0 unspecified atom stereocenters. The number of phenolic OH excluding ortho intramolecular Hbond substituents is 8. The van der Waals surface area contributed by atoms with Gasteiger partial charge in [-0.1, -0.05) is 97.1 Å². The van der Waals surface area contributed by atoms with Gasteiger partial charge in [0, 0.05) is 49.0 Å². The molecule has 0 aliphatic carbocycles. The van der Waals surface area contributed by atoms with Crippen LogP contribution in [0.15, 0.2) is 114 Å². The van der Waals surface area contributed by atoms with Crippen LogP contribution in [0.1, 0.15) is 0 Å². The largest absolute Gasteiger partial charge is 0.504 e. The molecule has 9 rings (SSSR count). The Morgan fingerprint density at radius 2 is 0.824 bits per heavy atom. The number of para-hydroxylation sites is 2. The molecular weight excluding hydrogens is 648 g/mol. The fraction of sp³-hybridized carbons (Fsp3) is 0. The van der Waals surface area contributed by atoms with Crippen LogP contribution in [0.2, 0.25) is 0 Å². The molecule has 0 bridgehead atoms. The van der Waals surface area contributed by atoms with E-state index in [1.165, 1.54) is 0 Å². The number of benzene rings is 8. The summed E-state index contributed by atoms with van der Waals surface area (Å²) in [5.74, 6) is -7.40. The van der Waals surface area contributed by atoms with E-state index in [-0.39, 0.29) is 32.7 Å². The van der Waals surface area contributed by atoms with Crippen LogP contribution in [0.4, 0.5) is 0 Å². The Kier molecular flexibility index (Phi) is 6.21. The SMILES string of the molecule is Oc1c(O)c(O)c2c(-c3ccc4ccccc4c3)c3c(O)c(O)c(O)c(O)c3c(-c3ccc(-c4cccc5c4oc4ccccc45)cc3)c2c1O. The number of aromatic hydroxyl groups is 8. The summed E-state index contributed by atoms with van der Waals surface area (Å²) in [6.45, 7) is 0. The third-order valence-corrected chi connectivity index (χ3v) is 9.72. The molecule has 1 heterocycles. The van der Waals surface area contributed by atoms with Crippen LogP contribution in [0.5, 0.6) is 46.0 Å². The van der Waals surface area contributed by atoms with E-state index in [2.05, 4.69) is 0 Å². The molecule has 8 N–H and O–H groups in total. The zero-order valence-corrected chi connectivity index (χ0v) is 26.4. The highest BCUT2D eigenvalue weighted by Crippen LogP contribution is 2.62. The summed E-state index contributed by atoms with van der Waals surface area (Å²) in [6.07, 6.45) is 0. The maximum Gasteiger partial charge on any atom is 0.204 e. The maximum absolute atomic E-state index is 11.5. The molecule has 0 atom stereocenters. The monoisotopic (exact) mass is 674 g/mol. The molecule has 8 aromatic carbocycles. The lowest BCUT2D eigenvalue weighted by Crippen LogP contribution is -1.95. The predicted octanol–water partition coefficient (Wildman–Crippen LogP) is 9.69. The smallest absolute Gasteiger partial charge is 0.204 e. The zero-order valence-electron chi connectivity index (χ0n) is 26.4. The molecule has 9 aromatic rings. The number of hydrogen-bond donors (Lipinski definition) is 8. The average molecular weight is 675 g/mol. The van der Waals surface area contributed by atoms with Crippen molar-refractivity contribution in [1.82, 2.24) is 0 Å². The van der Waals surface area contributed by atoms with E-state index in [1.54, 1.807) is 42.5 Å². The lowest BCUT2D eigenvalue weighted by molar-refractivity contribution is 0.350. The van der Waals surface area contributed by atoms with Gasteiger partial charge in [-0.3, -0.25) is 0 Å². The van der Waals surface area contributed by atoms with Gasteiger partial charge in [0.15, 0.2) is 23.0 Å². The van der Waals surface area contributed by atoms with Crippen LogP contribution in [0, 0.1) is 0 Å². The number of furan rings is 1. The van der Waals surface area contributed by atoms with Crippen LogP contribution in [0.3, 0.4) is 0 Å². The molecule has 0 radical (unpaired) electrons. The maximum atomic E-state index is 11.5. The van der Waals surface area contributed by atoms with Crippen molar-refractivity contribution in [2.75, 3.05) is 0 Å².